The van der Waals surface area contributed by atoms with Crippen molar-refractivity contribution in [2.45, 2.75) is 38.2 Å². The Morgan fingerprint density at radius 3 is 3.04 bits per heavy atom. The molecule has 1 aromatic heterocycles. The monoisotopic (exact) mass is 332 g/mol. The maximum Gasteiger partial charge on any atom is 0.224 e. The zero-order chi connectivity index (χ0) is 17.1. The highest BCUT2D eigenvalue weighted by atomic mass is 19.1. The van der Waals surface area contributed by atoms with E-state index >= 15 is 0 Å². The number of hydrogen-bond acceptors (Lipinski definition) is 4. The number of carbonyl (C=O) groups is 1. The Hall–Kier alpha value is -2.28. The van der Waals surface area contributed by atoms with Crippen LogP contribution in [0.15, 0.2) is 24.5 Å². The fraction of sp³-hybridized carbons (Fsp3) is 0.471. The number of aliphatic hydroxyl groups is 1. The molecule has 3 N–H and O–H groups in total. The van der Waals surface area contributed by atoms with E-state index in [9.17, 15) is 14.3 Å². The van der Waals surface area contributed by atoms with Gasteiger partial charge in [-0.25, -0.2) is 9.37 Å². The van der Waals surface area contributed by atoms with E-state index in [1.807, 2.05) is 6.92 Å². The number of amides is 1. The Labute approximate surface area is 139 Å². The minimum absolute atomic E-state index is 0.00185. The van der Waals surface area contributed by atoms with E-state index in [0.29, 0.717) is 18.5 Å². The van der Waals surface area contributed by atoms with Crippen LogP contribution in [-0.2, 0) is 11.2 Å². The van der Waals surface area contributed by atoms with Crippen molar-refractivity contribution in [3.05, 3.63) is 47.3 Å². The molecule has 3 atom stereocenters. The first-order chi connectivity index (χ1) is 11.5. The normalized spacial score (nSPS) is 23.4. The van der Waals surface area contributed by atoms with E-state index in [1.165, 1.54) is 12.4 Å². The van der Waals surface area contributed by atoms with Crippen LogP contribution >= 0.6 is 0 Å². The number of halogens is 1. The molecule has 1 aliphatic carbocycles. The van der Waals surface area contributed by atoms with Gasteiger partial charge in [0.05, 0.1) is 12.5 Å². The second-order valence-electron chi connectivity index (χ2n) is 6.44. The summed E-state index contributed by atoms with van der Waals surface area (Å²) in [4.78, 5) is 16.2. The van der Waals surface area contributed by atoms with E-state index in [4.69, 9.17) is 0 Å². The van der Waals surface area contributed by atoms with Gasteiger partial charge < -0.3 is 10.4 Å². The maximum absolute atomic E-state index is 13.7. The highest BCUT2D eigenvalue weighted by Crippen LogP contribution is 2.36. The maximum atomic E-state index is 13.7. The molecule has 7 heteroatoms. The van der Waals surface area contributed by atoms with Crippen LogP contribution in [0.4, 0.5) is 4.39 Å². The summed E-state index contributed by atoms with van der Waals surface area (Å²) in [5, 5.41) is 19.6. The van der Waals surface area contributed by atoms with Crippen molar-refractivity contribution < 1.29 is 14.3 Å². The minimum Gasteiger partial charge on any atom is -0.393 e. The SMILES string of the molecule is Cc1ccc(F)c(CC(=O)NC[C@H]2CC(c3ncn[nH]3)C[C@H]2O)c1. The van der Waals surface area contributed by atoms with Crippen LogP contribution < -0.4 is 5.32 Å². The molecule has 0 spiro atoms. The predicted octanol–water partition coefficient (Wildman–Crippen LogP) is 1.47. The smallest absolute Gasteiger partial charge is 0.224 e. The lowest BCUT2D eigenvalue weighted by molar-refractivity contribution is -0.120. The van der Waals surface area contributed by atoms with Gasteiger partial charge in [0.2, 0.25) is 5.91 Å². The molecule has 3 rings (SSSR count). The van der Waals surface area contributed by atoms with Crippen LogP contribution in [0, 0.1) is 18.7 Å². The summed E-state index contributed by atoms with van der Waals surface area (Å²) in [6.07, 6.45) is 2.29. The number of aliphatic hydroxyl groups excluding tert-OH is 1. The summed E-state index contributed by atoms with van der Waals surface area (Å²) in [5.74, 6) is 0.242. The highest BCUT2D eigenvalue weighted by molar-refractivity contribution is 5.78. The fourth-order valence-corrected chi connectivity index (χ4v) is 3.28. The average molecular weight is 332 g/mol. The molecule has 1 aliphatic rings. The summed E-state index contributed by atoms with van der Waals surface area (Å²) in [6, 6.07) is 4.73. The Morgan fingerprint density at radius 1 is 1.46 bits per heavy atom. The van der Waals surface area contributed by atoms with Gasteiger partial charge in [-0.3, -0.25) is 9.89 Å². The van der Waals surface area contributed by atoms with Crippen molar-refractivity contribution >= 4 is 5.91 Å². The van der Waals surface area contributed by atoms with Gasteiger partial charge in [0.15, 0.2) is 0 Å². The zero-order valence-electron chi connectivity index (χ0n) is 13.5. The number of rotatable bonds is 5. The third kappa shape index (κ3) is 3.79. The molecule has 1 heterocycles. The lowest BCUT2D eigenvalue weighted by Gasteiger charge is -2.15. The number of aromatic amines is 1. The van der Waals surface area contributed by atoms with Gasteiger partial charge in [-0.2, -0.15) is 5.10 Å². The van der Waals surface area contributed by atoms with Crippen molar-refractivity contribution in [1.29, 1.82) is 0 Å². The standard InChI is InChI=1S/C17H21FN4O2/c1-10-2-3-14(18)11(4-10)7-16(24)19-8-13-5-12(6-15(13)23)17-20-9-21-22-17/h2-4,9,12-13,15,23H,5-8H2,1H3,(H,19,24)(H,20,21,22)/t12?,13-,15-/m1/s1. The van der Waals surface area contributed by atoms with Crippen LogP contribution in [-0.4, -0.2) is 38.8 Å². The third-order valence-electron chi connectivity index (χ3n) is 4.59. The van der Waals surface area contributed by atoms with Gasteiger partial charge in [0.1, 0.15) is 18.0 Å². The van der Waals surface area contributed by atoms with Crippen LogP contribution in [0.3, 0.4) is 0 Å². The summed E-state index contributed by atoms with van der Waals surface area (Å²) >= 11 is 0. The number of aromatic nitrogens is 3. The van der Waals surface area contributed by atoms with Gasteiger partial charge in [-0.05, 0) is 31.4 Å². The van der Waals surface area contributed by atoms with Crippen molar-refractivity contribution in [2.75, 3.05) is 6.54 Å². The molecule has 1 aromatic carbocycles. The van der Waals surface area contributed by atoms with Gasteiger partial charge in [-0.1, -0.05) is 17.7 Å². The number of carbonyl (C=O) groups excluding carboxylic acids is 1. The van der Waals surface area contributed by atoms with Crippen LogP contribution in [0.2, 0.25) is 0 Å². The Morgan fingerprint density at radius 2 is 2.29 bits per heavy atom. The average Bonchev–Trinajstić information content (AvgIpc) is 3.18. The number of nitrogens with zero attached hydrogens (tertiary/aromatic N) is 2. The molecule has 24 heavy (non-hydrogen) atoms. The lowest BCUT2D eigenvalue weighted by Crippen LogP contribution is -2.33. The number of H-pyrrole nitrogens is 1. The molecule has 0 radical (unpaired) electrons. The highest BCUT2D eigenvalue weighted by Gasteiger charge is 2.35. The summed E-state index contributed by atoms with van der Waals surface area (Å²) in [7, 11) is 0. The Bertz CT molecular complexity index is 705. The number of hydrogen-bond donors (Lipinski definition) is 3. The van der Waals surface area contributed by atoms with Crippen molar-refractivity contribution in [1.82, 2.24) is 20.5 Å². The molecule has 0 bridgehead atoms. The van der Waals surface area contributed by atoms with Crippen molar-refractivity contribution in [3.8, 4) is 0 Å². The van der Waals surface area contributed by atoms with Crippen LogP contribution in [0.25, 0.3) is 0 Å². The zero-order valence-corrected chi connectivity index (χ0v) is 13.5. The lowest BCUT2D eigenvalue weighted by atomic mass is 10.0. The largest absolute Gasteiger partial charge is 0.393 e. The van der Waals surface area contributed by atoms with Gasteiger partial charge in [0, 0.05) is 18.4 Å². The van der Waals surface area contributed by atoms with E-state index in [-0.39, 0.29) is 30.0 Å². The second-order valence-corrected chi connectivity index (χ2v) is 6.44. The fourth-order valence-electron chi connectivity index (χ4n) is 3.28. The van der Waals surface area contributed by atoms with E-state index < -0.39 is 6.10 Å². The second kappa shape index (κ2) is 7.09. The van der Waals surface area contributed by atoms with Crippen molar-refractivity contribution in [3.63, 3.8) is 0 Å². The van der Waals surface area contributed by atoms with E-state index in [1.54, 1.807) is 12.1 Å². The third-order valence-corrected chi connectivity index (χ3v) is 4.59. The van der Waals surface area contributed by atoms with E-state index in [2.05, 4.69) is 20.5 Å². The van der Waals surface area contributed by atoms with E-state index in [0.717, 1.165) is 17.8 Å². The molecule has 6 nitrogen and oxygen atoms in total. The molecule has 1 unspecified atom stereocenters. The summed E-state index contributed by atoms with van der Waals surface area (Å²) in [5.41, 5.74) is 1.30. The molecule has 1 fully saturated rings. The molecule has 1 amide bonds. The Balaban J connectivity index is 1.52. The number of nitrogens with one attached hydrogen (secondary N) is 2. The molecular formula is C17H21FN4O2. The molecule has 0 aliphatic heterocycles. The molecule has 1 saturated carbocycles. The van der Waals surface area contributed by atoms with Crippen molar-refractivity contribution in [2.24, 2.45) is 5.92 Å². The quantitative estimate of drug-likeness (QED) is 0.773. The van der Waals surface area contributed by atoms with Crippen LogP contribution in [0.5, 0.6) is 0 Å². The first-order valence-electron chi connectivity index (χ1n) is 8.08. The van der Waals surface area contributed by atoms with Gasteiger partial charge in [-0.15, -0.1) is 0 Å². The van der Waals surface area contributed by atoms with Gasteiger partial charge >= 0.3 is 0 Å². The number of benzene rings is 1. The molecular weight excluding hydrogens is 311 g/mol. The summed E-state index contributed by atoms with van der Waals surface area (Å²) < 4.78 is 13.7. The number of aryl methyl sites for hydroxylation is 1. The summed E-state index contributed by atoms with van der Waals surface area (Å²) in [6.45, 7) is 2.23. The predicted molar refractivity (Wildman–Crippen MR) is 85.7 cm³/mol. The van der Waals surface area contributed by atoms with Crippen LogP contribution in [0.1, 0.15) is 35.7 Å². The molecule has 2 aromatic rings. The minimum atomic E-state index is -0.490. The topological polar surface area (TPSA) is 90.9 Å². The Kier molecular flexibility index (Phi) is 4.89. The first kappa shape index (κ1) is 16.6. The molecule has 128 valence electrons. The first-order valence-corrected chi connectivity index (χ1v) is 8.08. The molecule has 0 saturated heterocycles. The van der Waals surface area contributed by atoms with Gasteiger partial charge in [0.25, 0.3) is 0 Å².